The van der Waals surface area contributed by atoms with Crippen molar-refractivity contribution >= 4 is 0 Å². The number of hydrogen-bond donors (Lipinski definition) is 2. The van der Waals surface area contributed by atoms with Crippen molar-refractivity contribution in [1.82, 2.24) is 10.3 Å². The van der Waals surface area contributed by atoms with Gasteiger partial charge < -0.3 is 10.4 Å². The predicted octanol–water partition coefficient (Wildman–Crippen LogP) is 1.11. The van der Waals surface area contributed by atoms with E-state index in [1.165, 1.54) is 0 Å². The lowest BCUT2D eigenvalue weighted by Crippen LogP contribution is -2.31. The highest BCUT2D eigenvalue weighted by molar-refractivity contribution is 5.12. The van der Waals surface area contributed by atoms with E-state index in [0.717, 1.165) is 5.56 Å². The van der Waals surface area contributed by atoms with E-state index in [0.29, 0.717) is 0 Å². The summed E-state index contributed by atoms with van der Waals surface area (Å²) in [5.74, 6) is 0. The number of rotatable bonds is 4. The van der Waals surface area contributed by atoms with Crippen LogP contribution in [0, 0.1) is 0 Å². The number of hydrogen-bond acceptors (Lipinski definition) is 3. The zero-order chi connectivity index (χ0) is 9.68. The van der Waals surface area contributed by atoms with Crippen molar-refractivity contribution in [3.05, 3.63) is 30.1 Å². The van der Waals surface area contributed by atoms with Crippen molar-refractivity contribution in [2.24, 2.45) is 0 Å². The van der Waals surface area contributed by atoms with Gasteiger partial charge in [-0.1, -0.05) is 6.07 Å². The van der Waals surface area contributed by atoms with Crippen LogP contribution in [0.5, 0.6) is 0 Å². The smallest absolute Gasteiger partial charge is 0.0582 e. The van der Waals surface area contributed by atoms with E-state index in [4.69, 9.17) is 5.11 Å². The van der Waals surface area contributed by atoms with Gasteiger partial charge in [-0.05, 0) is 25.5 Å². The van der Waals surface area contributed by atoms with Crippen molar-refractivity contribution in [3.8, 4) is 0 Å². The summed E-state index contributed by atoms with van der Waals surface area (Å²) in [5, 5.41) is 12.1. The molecule has 0 saturated heterocycles. The van der Waals surface area contributed by atoms with E-state index in [2.05, 4.69) is 17.2 Å². The molecule has 0 amide bonds. The van der Waals surface area contributed by atoms with Crippen molar-refractivity contribution in [1.29, 1.82) is 0 Å². The van der Waals surface area contributed by atoms with Crippen molar-refractivity contribution in [2.75, 3.05) is 6.61 Å². The fraction of sp³-hybridized carbons (Fsp3) is 0.500. The highest BCUT2D eigenvalue weighted by atomic mass is 16.3. The molecule has 3 nitrogen and oxygen atoms in total. The Morgan fingerprint density at radius 3 is 2.85 bits per heavy atom. The number of aromatic nitrogens is 1. The quantitative estimate of drug-likeness (QED) is 0.729. The molecule has 1 heterocycles. The molecule has 0 aliphatic carbocycles. The van der Waals surface area contributed by atoms with Crippen LogP contribution in [0.15, 0.2) is 24.5 Å². The molecule has 0 radical (unpaired) electrons. The molecule has 1 aromatic heterocycles. The molecule has 0 spiro atoms. The van der Waals surface area contributed by atoms with E-state index in [1.807, 2.05) is 25.3 Å². The average Bonchev–Trinajstić information content (AvgIpc) is 2.19. The Morgan fingerprint density at radius 1 is 1.54 bits per heavy atom. The third-order valence-electron chi connectivity index (χ3n) is 1.99. The molecule has 0 aliphatic heterocycles. The molecule has 1 aromatic rings. The summed E-state index contributed by atoms with van der Waals surface area (Å²) in [6, 6.07) is 4.29. The Labute approximate surface area is 78.8 Å². The summed E-state index contributed by atoms with van der Waals surface area (Å²) in [7, 11) is 0. The standard InChI is InChI=1S/C10H16N2O/c1-8(7-13)12-9(2)10-4-3-5-11-6-10/h3-6,8-9,12-13H,7H2,1-2H3/t8-,9+/m1/s1. The Bertz CT molecular complexity index is 238. The first-order valence-electron chi connectivity index (χ1n) is 4.51. The average molecular weight is 180 g/mol. The van der Waals surface area contributed by atoms with E-state index >= 15 is 0 Å². The molecule has 2 N–H and O–H groups in total. The van der Waals surface area contributed by atoms with Crippen molar-refractivity contribution in [2.45, 2.75) is 25.9 Å². The number of aliphatic hydroxyl groups excluding tert-OH is 1. The number of pyridine rings is 1. The minimum absolute atomic E-state index is 0.121. The minimum Gasteiger partial charge on any atom is -0.395 e. The molecule has 0 aromatic carbocycles. The van der Waals surface area contributed by atoms with E-state index in [1.54, 1.807) is 6.20 Å². The van der Waals surface area contributed by atoms with Crippen molar-refractivity contribution < 1.29 is 5.11 Å². The van der Waals surface area contributed by atoms with Gasteiger partial charge in [-0.15, -0.1) is 0 Å². The van der Waals surface area contributed by atoms with Crippen LogP contribution in [0.4, 0.5) is 0 Å². The largest absolute Gasteiger partial charge is 0.395 e. The highest BCUT2D eigenvalue weighted by Gasteiger charge is 2.07. The zero-order valence-electron chi connectivity index (χ0n) is 8.07. The van der Waals surface area contributed by atoms with Gasteiger partial charge in [-0.3, -0.25) is 4.98 Å². The normalized spacial score (nSPS) is 15.3. The molecule has 1 rings (SSSR count). The SMILES string of the molecule is C[C@H](CO)N[C@@H](C)c1cccnc1. The Hall–Kier alpha value is -0.930. The lowest BCUT2D eigenvalue weighted by molar-refractivity contribution is 0.243. The van der Waals surface area contributed by atoms with Crippen LogP contribution in [0.3, 0.4) is 0 Å². The molecular formula is C10H16N2O. The van der Waals surface area contributed by atoms with Gasteiger partial charge in [0.05, 0.1) is 6.61 Å². The molecule has 0 fully saturated rings. The molecule has 3 heteroatoms. The first kappa shape index (κ1) is 10.2. The summed E-state index contributed by atoms with van der Waals surface area (Å²) in [5.41, 5.74) is 1.14. The molecule has 0 aliphatic rings. The Balaban J connectivity index is 2.53. The number of nitrogens with zero attached hydrogens (tertiary/aromatic N) is 1. The first-order chi connectivity index (χ1) is 6.24. The fourth-order valence-electron chi connectivity index (χ4n) is 1.21. The summed E-state index contributed by atoms with van der Waals surface area (Å²) >= 11 is 0. The molecule has 2 atom stereocenters. The minimum atomic E-state index is 0.121. The van der Waals surface area contributed by atoms with Crippen molar-refractivity contribution in [3.63, 3.8) is 0 Å². The lowest BCUT2D eigenvalue weighted by atomic mass is 10.1. The summed E-state index contributed by atoms with van der Waals surface area (Å²) in [6.45, 7) is 4.17. The van der Waals surface area contributed by atoms with Crippen LogP contribution >= 0.6 is 0 Å². The third kappa shape index (κ3) is 3.13. The second-order valence-electron chi connectivity index (χ2n) is 3.26. The van der Waals surface area contributed by atoms with Crippen LogP contribution < -0.4 is 5.32 Å². The molecule has 0 unspecified atom stereocenters. The zero-order valence-corrected chi connectivity index (χ0v) is 8.07. The summed E-state index contributed by atoms with van der Waals surface area (Å²) < 4.78 is 0. The van der Waals surface area contributed by atoms with Crippen LogP contribution in [-0.2, 0) is 0 Å². The summed E-state index contributed by atoms with van der Waals surface area (Å²) in [6.07, 6.45) is 3.59. The van der Waals surface area contributed by atoms with Gasteiger partial charge in [0.25, 0.3) is 0 Å². The molecule has 0 bridgehead atoms. The number of nitrogens with one attached hydrogen (secondary N) is 1. The van der Waals surface area contributed by atoms with Crippen LogP contribution in [-0.4, -0.2) is 22.7 Å². The van der Waals surface area contributed by atoms with Gasteiger partial charge in [0.15, 0.2) is 0 Å². The van der Waals surface area contributed by atoms with Gasteiger partial charge in [0, 0.05) is 24.5 Å². The number of aliphatic hydroxyl groups is 1. The van der Waals surface area contributed by atoms with Gasteiger partial charge in [-0.25, -0.2) is 0 Å². The van der Waals surface area contributed by atoms with Gasteiger partial charge in [0.2, 0.25) is 0 Å². The van der Waals surface area contributed by atoms with Crippen LogP contribution in [0.2, 0.25) is 0 Å². The topological polar surface area (TPSA) is 45.1 Å². The second kappa shape index (κ2) is 4.94. The Kier molecular flexibility index (Phi) is 3.86. The molecule has 0 saturated carbocycles. The van der Waals surface area contributed by atoms with Gasteiger partial charge in [-0.2, -0.15) is 0 Å². The Morgan fingerprint density at radius 2 is 2.31 bits per heavy atom. The highest BCUT2D eigenvalue weighted by Crippen LogP contribution is 2.10. The molecular weight excluding hydrogens is 164 g/mol. The predicted molar refractivity (Wildman–Crippen MR) is 52.3 cm³/mol. The molecule has 72 valence electrons. The summed E-state index contributed by atoms with van der Waals surface area (Å²) in [4.78, 5) is 4.04. The second-order valence-corrected chi connectivity index (χ2v) is 3.26. The van der Waals surface area contributed by atoms with Crippen LogP contribution in [0.25, 0.3) is 0 Å². The van der Waals surface area contributed by atoms with Gasteiger partial charge >= 0.3 is 0 Å². The maximum atomic E-state index is 8.85. The third-order valence-corrected chi connectivity index (χ3v) is 1.99. The maximum Gasteiger partial charge on any atom is 0.0582 e. The fourth-order valence-corrected chi connectivity index (χ4v) is 1.21. The van der Waals surface area contributed by atoms with Crippen LogP contribution in [0.1, 0.15) is 25.5 Å². The maximum absolute atomic E-state index is 8.85. The molecule has 13 heavy (non-hydrogen) atoms. The lowest BCUT2D eigenvalue weighted by Gasteiger charge is -2.17. The van der Waals surface area contributed by atoms with E-state index in [-0.39, 0.29) is 18.7 Å². The van der Waals surface area contributed by atoms with Gasteiger partial charge in [0.1, 0.15) is 0 Å². The monoisotopic (exact) mass is 180 g/mol. The van der Waals surface area contributed by atoms with E-state index in [9.17, 15) is 0 Å². The van der Waals surface area contributed by atoms with E-state index < -0.39 is 0 Å². The first-order valence-corrected chi connectivity index (χ1v) is 4.51.